The molecular formula is C20H18FN3O2. The molecule has 1 amide bonds. The highest BCUT2D eigenvalue weighted by atomic mass is 19.1. The SMILES string of the molecule is COc1cccc(Nc2cncc(C(=O)NCc3ccc(F)cc3)c2)c1. The number of benzene rings is 2. The molecule has 6 heteroatoms. The van der Waals surface area contributed by atoms with Crippen LogP contribution in [0.1, 0.15) is 15.9 Å². The van der Waals surface area contributed by atoms with E-state index >= 15 is 0 Å². The third-order valence-corrected chi connectivity index (χ3v) is 3.73. The fourth-order valence-corrected chi connectivity index (χ4v) is 2.39. The van der Waals surface area contributed by atoms with Crippen molar-refractivity contribution < 1.29 is 13.9 Å². The van der Waals surface area contributed by atoms with Crippen molar-refractivity contribution in [3.05, 3.63) is 83.9 Å². The Morgan fingerprint density at radius 3 is 2.65 bits per heavy atom. The number of hydrogen-bond acceptors (Lipinski definition) is 4. The monoisotopic (exact) mass is 351 g/mol. The summed E-state index contributed by atoms with van der Waals surface area (Å²) in [5, 5.41) is 5.98. The third kappa shape index (κ3) is 4.57. The molecule has 0 spiro atoms. The maximum absolute atomic E-state index is 12.9. The van der Waals surface area contributed by atoms with E-state index in [0.29, 0.717) is 17.8 Å². The van der Waals surface area contributed by atoms with Crippen LogP contribution in [0.25, 0.3) is 0 Å². The number of aromatic nitrogens is 1. The molecule has 3 rings (SSSR count). The summed E-state index contributed by atoms with van der Waals surface area (Å²) in [6, 6.07) is 15.2. The van der Waals surface area contributed by atoms with Crippen LogP contribution in [0.2, 0.25) is 0 Å². The topological polar surface area (TPSA) is 63.2 Å². The molecule has 26 heavy (non-hydrogen) atoms. The summed E-state index contributed by atoms with van der Waals surface area (Å²) in [7, 11) is 1.60. The fraction of sp³-hybridized carbons (Fsp3) is 0.100. The fourth-order valence-electron chi connectivity index (χ4n) is 2.39. The second-order valence-corrected chi connectivity index (χ2v) is 5.63. The molecule has 0 aliphatic carbocycles. The Morgan fingerprint density at radius 1 is 1.08 bits per heavy atom. The van der Waals surface area contributed by atoms with Gasteiger partial charge in [-0.05, 0) is 35.9 Å². The molecule has 1 heterocycles. The number of rotatable bonds is 6. The minimum absolute atomic E-state index is 0.254. The number of amides is 1. The van der Waals surface area contributed by atoms with E-state index in [1.165, 1.54) is 18.3 Å². The number of nitrogens with zero attached hydrogens (tertiary/aromatic N) is 1. The molecular weight excluding hydrogens is 333 g/mol. The number of carbonyl (C=O) groups excluding carboxylic acids is 1. The van der Waals surface area contributed by atoms with Crippen molar-refractivity contribution in [3.8, 4) is 5.75 Å². The molecule has 0 unspecified atom stereocenters. The van der Waals surface area contributed by atoms with Crippen molar-refractivity contribution in [1.29, 1.82) is 0 Å². The molecule has 0 saturated heterocycles. The Bertz CT molecular complexity index is 898. The normalized spacial score (nSPS) is 10.2. The minimum atomic E-state index is -0.305. The van der Waals surface area contributed by atoms with Crippen LogP contribution in [-0.4, -0.2) is 18.0 Å². The third-order valence-electron chi connectivity index (χ3n) is 3.73. The predicted molar refractivity (Wildman–Crippen MR) is 98.1 cm³/mol. The molecule has 2 N–H and O–H groups in total. The van der Waals surface area contributed by atoms with Gasteiger partial charge in [0.2, 0.25) is 0 Å². The average Bonchev–Trinajstić information content (AvgIpc) is 2.67. The highest BCUT2D eigenvalue weighted by Crippen LogP contribution is 2.21. The Morgan fingerprint density at radius 2 is 1.88 bits per heavy atom. The smallest absolute Gasteiger partial charge is 0.253 e. The zero-order valence-corrected chi connectivity index (χ0v) is 14.2. The lowest BCUT2D eigenvalue weighted by Gasteiger charge is -2.10. The Hall–Kier alpha value is -3.41. The van der Waals surface area contributed by atoms with Crippen LogP contribution in [0.3, 0.4) is 0 Å². The number of methoxy groups -OCH3 is 1. The number of carbonyl (C=O) groups is 1. The van der Waals surface area contributed by atoms with Crippen molar-refractivity contribution in [2.75, 3.05) is 12.4 Å². The van der Waals surface area contributed by atoms with E-state index in [4.69, 9.17) is 4.74 Å². The van der Waals surface area contributed by atoms with Gasteiger partial charge in [0.05, 0.1) is 24.6 Å². The molecule has 3 aromatic rings. The molecule has 0 atom stereocenters. The van der Waals surface area contributed by atoms with E-state index in [2.05, 4.69) is 15.6 Å². The molecule has 0 fully saturated rings. The number of nitrogens with one attached hydrogen (secondary N) is 2. The lowest BCUT2D eigenvalue weighted by atomic mass is 10.2. The van der Waals surface area contributed by atoms with Gasteiger partial charge in [-0.15, -0.1) is 0 Å². The summed E-state index contributed by atoms with van der Waals surface area (Å²) in [5.41, 5.74) is 2.76. The summed E-state index contributed by atoms with van der Waals surface area (Å²) >= 11 is 0. The van der Waals surface area contributed by atoms with Crippen LogP contribution in [-0.2, 0) is 6.54 Å². The number of ether oxygens (including phenoxy) is 1. The largest absolute Gasteiger partial charge is 0.497 e. The van der Waals surface area contributed by atoms with Gasteiger partial charge in [0.15, 0.2) is 0 Å². The lowest BCUT2D eigenvalue weighted by molar-refractivity contribution is 0.0950. The van der Waals surface area contributed by atoms with Gasteiger partial charge in [-0.3, -0.25) is 9.78 Å². The van der Waals surface area contributed by atoms with Gasteiger partial charge < -0.3 is 15.4 Å². The van der Waals surface area contributed by atoms with Crippen LogP contribution in [0, 0.1) is 5.82 Å². The first-order chi connectivity index (χ1) is 12.6. The Labute approximate surface area is 150 Å². The lowest BCUT2D eigenvalue weighted by Crippen LogP contribution is -2.23. The summed E-state index contributed by atoms with van der Waals surface area (Å²) < 4.78 is 18.1. The Balaban J connectivity index is 1.65. The van der Waals surface area contributed by atoms with Crippen LogP contribution < -0.4 is 15.4 Å². The van der Waals surface area contributed by atoms with Crippen molar-refractivity contribution in [1.82, 2.24) is 10.3 Å². The van der Waals surface area contributed by atoms with E-state index in [1.54, 1.807) is 31.5 Å². The van der Waals surface area contributed by atoms with Gasteiger partial charge in [-0.25, -0.2) is 4.39 Å². The summed E-state index contributed by atoms with van der Waals surface area (Å²) in [5.74, 6) is 0.174. The van der Waals surface area contributed by atoms with Gasteiger partial charge in [0.1, 0.15) is 11.6 Å². The zero-order valence-electron chi connectivity index (χ0n) is 14.2. The minimum Gasteiger partial charge on any atom is -0.497 e. The average molecular weight is 351 g/mol. The van der Waals surface area contributed by atoms with E-state index in [0.717, 1.165) is 17.0 Å². The summed E-state index contributed by atoms with van der Waals surface area (Å²) in [6.07, 6.45) is 3.13. The molecule has 132 valence electrons. The van der Waals surface area contributed by atoms with Gasteiger partial charge in [-0.2, -0.15) is 0 Å². The summed E-state index contributed by atoms with van der Waals surface area (Å²) in [6.45, 7) is 0.312. The number of anilines is 2. The molecule has 0 aliphatic rings. The Kier molecular flexibility index (Phi) is 5.43. The summed E-state index contributed by atoms with van der Waals surface area (Å²) in [4.78, 5) is 16.4. The highest BCUT2D eigenvalue weighted by Gasteiger charge is 2.07. The van der Waals surface area contributed by atoms with E-state index in [1.807, 2.05) is 24.3 Å². The highest BCUT2D eigenvalue weighted by molar-refractivity contribution is 5.94. The number of halogens is 1. The molecule has 0 radical (unpaired) electrons. The zero-order chi connectivity index (χ0) is 18.4. The first-order valence-electron chi connectivity index (χ1n) is 8.03. The van der Waals surface area contributed by atoms with Crippen molar-refractivity contribution in [3.63, 3.8) is 0 Å². The quantitative estimate of drug-likeness (QED) is 0.707. The van der Waals surface area contributed by atoms with Gasteiger partial charge >= 0.3 is 0 Å². The van der Waals surface area contributed by atoms with E-state index in [-0.39, 0.29) is 11.7 Å². The molecule has 2 aromatic carbocycles. The first-order valence-corrected chi connectivity index (χ1v) is 8.03. The molecule has 0 saturated carbocycles. The second-order valence-electron chi connectivity index (χ2n) is 5.63. The first kappa shape index (κ1) is 17.4. The van der Waals surface area contributed by atoms with Crippen molar-refractivity contribution in [2.24, 2.45) is 0 Å². The standard InChI is InChI=1S/C20H18FN3O2/c1-26-19-4-2-3-17(10-19)24-18-9-15(12-22-13-18)20(25)23-11-14-5-7-16(21)8-6-14/h2-10,12-13,24H,11H2,1H3,(H,23,25). The molecule has 0 aliphatic heterocycles. The second kappa shape index (κ2) is 8.11. The van der Waals surface area contributed by atoms with Crippen LogP contribution >= 0.6 is 0 Å². The van der Waals surface area contributed by atoms with Crippen molar-refractivity contribution in [2.45, 2.75) is 6.54 Å². The molecule has 0 bridgehead atoms. The predicted octanol–water partition coefficient (Wildman–Crippen LogP) is 3.90. The van der Waals surface area contributed by atoms with Crippen LogP contribution in [0.5, 0.6) is 5.75 Å². The molecule has 5 nitrogen and oxygen atoms in total. The van der Waals surface area contributed by atoms with Crippen LogP contribution in [0.15, 0.2) is 67.0 Å². The molecule has 1 aromatic heterocycles. The maximum Gasteiger partial charge on any atom is 0.253 e. The van der Waals surface area contributed by atoms with E-state index < -0.39 is 0 Å². The number of hydrogen-bond donors (Lipinski definition) is 2. The van der Waals surface area contributed by atoms with E-state index in [9.17, 15) is 9.18 Å². The van der Waals surface area contributed by atoms with Crippen molar-refractivity contribution >= 4 is 17.3 Å². The number of pyridine rings is 1. The van der Waals surface area contributed by atoms with Gasteiger partial charge in [0, 0.05) is 24.5 Å². The van der Waals surface area contributed by atoms with Crippen LogP contribution in [0.4, 0.5) is 15.8 Å². The van der Waals surface area contributed by atoms with Gasteiger partial charge in [-0.1, -0.05) is 18.2 Å². The maximum atomic E-state index is 12.9. The van der Waals surface area contributed by atoms with Gasteiger partial charge in [0.25, 0.3) is 5.91 Å².